The number of thioether (sulfide) groups is 1. The summed E-state index contributed by atoms with van der Waals surface area (Å²) in [5, 5.41) is 10.2. The molecule has 9 heteroatoms. The molecule has 1 atom stereocenters. The third-order valence-corrected chi connectivity index (χ3v) is 5.07. The minimum atomic E-state index is -4.42. The number of aromatic nitrogens is 3. The fourth-order valence-corrected chi connectivity index (χ4v) is 3.37. The van der Waals surface area contributed by atoms with Crippen LogP contribution in [0.5, 0.6) is 0 Å². The summed E-state index contributed by atoms with van der Waals surface area (Å²) in [6.45, 7) is 0.800. The van der Waals surface area contributed by atoms with Gasteiger partial charge in [-0.15, -0.1) is 10.2 Å². The molecule has 0 unspecified atom stereocenters. The summed E-state index contributed by atoms with van der Waals surface area (Å²) in [6, 6.07) is 9.79. The number of nitrogens with one attached hydrogen (secondary N) is 1. The lowest BCUT2D eigenvalue weighted by molar-refractivity contribution is -0.137. The van der Waals surface area contributed by atoms with Gasteiger partial charge in [-0.2, -0.15) is 13.2 Å². The fourth-order valence-electron chi connectivity index (χ4n) is 2.49. The fraction of sp³-hybridized carbons (Fsp3) is 0.471. The molecular weight excluding hydrogens is 365 g/mol. The van der Waals surface area contributed by atoms with Crippen molar-refractivity contribution in [1.29, 1.82) is 0 Å². The SMILES string of the molecule is C[C@@H](Sc1nnc(C2CC2)n1Cc1ccccc1)C(=O)NCC(F)(F)F. The summed E-state index contributed by atoms with van der Waals surface area (Å²) < 4.78 is 38.8. The minimum absolute atomic E-state index is 0.370. The van der Waals surface area contributed by atoms with Crippen LogP contribution in [0.2, 0.25) is 0 Å². The van der Waals surface area contributed by atoms with Crippen molar-refractivity contribution >= 4 is 17.7 Å². The third-order valence-electron chi connectivity index (χ3n) is 3.99. The molecule has 0 spiro atoms. The van der Waals surface area contributed by atoms with Gasteiger partial charge < -0.3 is 9.88 Å². The van der Waals surface area contributed by atoms with Crippen molar-refractivity contribution < 1.29 is 18.0 Å². The average molecular weight is 384 g/mol. The van der Waals surface area contributed by atoms with E-state index in [4.69, 9.17) is 0 Å². The summed E-state index contributed by atoms with van der Waals surface area (Å²) >= 11 is 1.12. The van der Waals surface area contributed by atoms with Gasteiger partial charge in [0.25, 0.3) is 0 Å². The van der Waals surface area contributed by atoms with Crippen LogP contribution >= 0.6 is 11.8 Å². The minimum Gasteiger partial charge on any atom is -0.346 e. The number of hydrogen-bond acceptors (Lipinski definition) is 4. The highest BCUT2D eigenvalue weighted by atomic mass is 32.2. The molecule has 1 aromatic heterocycles. The van der Waals surface area contributed by atoms with E-state index in [9.17, 15) is 18.0 Å². The number of carbonyl (C=O) groups is 1. The number of amides is 1. The third kappa shape index (κ3) is 5.00. The summed E-state index contributed by atoms with van der Waals surface area (Å²) in [5.74, 6) is 0.573. The molecule has 140 valence electrons. The Morgan fingerprint density at radius 3 is 2.62 bits per heavy atom. The molecule has 1 aromatic carbocycles. The second-order valence-corrected chi connectivity index (χ2v) is 7.59. The first-order chi connectivity index (χ1) is 12.3. The van der Waals surface area contributed by atoms with Crippen molar-refractivity contribution in [3.8, 4) is 0 Å². The van der Waals surface area contributed by atoms with E-state index in [0.29, 0.717) is 17.6 Å². The van der Waals surface area contributed by atoms with E-state index in [2.05, 4.69) is 10.2 Å². The first-order valence-corrected chi connectivity index (χ1v) is 9.19. The largest absolute Gasteiger partial charge is 0.405 e. The van der Waals surface area contributed by atoms with Crippen LogP contribution in [0.1, 0.15) is 37.1 Å². The summed E-state index contributed by atoms with van der Waals surface area (Å²) in [7, 11) is 0. The van der Waals surface area contributed by atoms with E-state index in [1.165, 1.54) is 0 Å². The second kappa shape index (κ2) is 7.69. The molecule has 2 aromatic rings. The van der Waals surface area contributed by atoms with Gasteiger partial charge >= 0.3 is 6.18 Å². The Balaban J connectivity index is 1.72. The molecule has 1 saturated carbocycles. The number of rotatable bonds is 7. The van der Waals surface area contributed by atoms with Gasteiger partial charge in [0, 0.05) is 5.92 Å². The van der Waals surface area contributed by atoms with Crippen LogP contribution in [0.25, 0.3) is 0 Å². The van der Waals surface area contributed by atoms with E-state index < -0.39 is 23.9 Å². The monoisotopic (exact) mass is 384 g/mol. The molecule has 1 amide bonds. The van der Waals surface area contributed by atoms with E-state index in [1.54, 1.807) is 6.92 Å². The van der Waals surface area contributed by atoms with E-state index in [-0.39, 0.29) is 0 Å². The predicted molar refractivity (Wildman–Crippen MR) is 91.9 cm³/mol. The highest BCUT2D eigenvalue weighted by Gasteiger charge is 2.32. The van der Waals surface area contributed by atoms with Crippen LogP contribution in [0.4, 0.5) is 13.2 Å². The normalized spacial score (nSPS) is 15.7. The predicted octanol–water partition coefficient (Wildman–Crippen LogP) is 3.36. The van der Waals surface area contributed by atoms with Crippen molar-refractivity contribution in [2.75, 3.05) is 6.54 Å². The standard InChI is InChI=1S/C17H19F3N4OS/c1-11(15(25)21-10-17(18,19)20)26-16-23-22-14(13-7-8-13)24(16)9-12-5-3-2-4-6-12/h2-6,11,13H,7-10H2,1H3,(H,21,25)/t11-/m1/s1. The highest BCUT2D eigenvalue weighted by Crippen LogP contribution is 2.40. The van der Waals surface area contributed by atoms with Crippen molar-refractivity contribution in [1.82, 2.24) is 20.1 Å². The van der Waals surface area contributed by atoms with Crippen LogP contribution in [0, 0.1) is 0 Å². The Hall–Kier alpha value is -2.03. The molecule has 1 heterocycles. The molecule has 3 rings (SSSR count). The molecule has 5 nitrogen and oxygen atoms in total. The molecule has 0 saturated heterocycles. The Bertz CT molecular complexity index is 759. The van der Waals surface area contributed by atoms with E-state index >= 15 is 0 Å². The van der Waals surface area contributed by atoms with Gasteiger partial charge in [0.15, 0.2) is 5.16 Å². The number of nitrogens with zero attached hydrogens (tertiary/aromatic N) is 3. The second-order valence-electron chi connectivity index (χ2n) is 6.28. The van der Waals surface area contributed by atoms with Crippen molar-refractivity contribution in [3.63, 3.8) is 0 Å². The lowest BCUT2D eigenvalue weighted by atomic mass is 10.2. The Morgan fingerprint density at radius 1 is 1.31 bits per heavy atom. The van der Waals surface area contributed by atoms with Crippen molar-refractivity contribution in [2.45, 2.75) is 48.8 Å². The molecule has 1 aliphatic carbocycles. The number of alkyl halides is 3. The first-order valence-electron chi connectivity index (χ1n) is 8.31. The molecular formula is C17H19F3N4OS. The zero-order valence-corrected chi connectivity index (χ0v) is 15.0. The van der Waals surface area contributed by atoms with Crippen LogP contribution in [-0.4, -0.2) is 38.6 Å². The molecule has 26 heavy (non-hydrogen) atoms. The molecule has 0 bridgehead atoms. The van der Waals surface area contributed by atoms with E-state index in [0.717, 1.165) is 36.0 Å². The lowest BCUT2D eigenvalue weighted by Crippen LogP contribution is -2.38. The summed E-state index contributed by atoms with van der Waals surface area (Å²) in [6.07, 6.45) is -2.31. The molecule has 1 aliphatic rings. The Kier molecular flexibility index (Phi) is 5.55. The summed E-state index contributed by atoms with van der Waals surface area (Å²) in [5.41, 5.74) is 1.07. The zero-order chi connectivity index (χ0) is 18.7. The quantitative estimate of drug-likeness (QED) is 0.744. The Labute approximate surface area is 153 Å². The average Bonchev–Trinajstić information content (AvgIpc) is 3.37. The van der Waals surface area contributed by atoms with Crippen LogP contribution in [0.15, 0.2) is 35.5 Å². The van der Waals surface area contributed by atoms with Gasteiger partial charge in [-0.3, -0.25) is 4.79 Å². The number of halogens is 3. The molecule has 0 radical (unpaired) electrons. The number of hydrogen-bond donors (Lipinski definition) is 1. The first kappa shape index (κ1) is 18.8. The molecule has 1 N–H and O–H groups in total. The number of benzene rings is 1. The lowest BCUT2D eigenvalue weighted by Gasteiger charge is -2.14. The maximum absolute atomic E-state index is 12.3. The van der Waals surface area contributed by atoms with Gasteiger partial charge in [0.2, 0.25) is 5.91 Å². The molecule has 1 fully saturated rings. The summed E-state index contributed by atoms with van der Waals surface area (Å²) in [4.78, 5) is 11.9. The van der Waals surface area contributed by atoms with Gasteiger partial charge in [0.05, 0.1) is 11.8 Å². The van der Waals surface area contributed by atoms with Gasteiger partial charge in [0.1, 0.15) is 12.4 Å². The van der Waals surface area contributed by atoms with Crippen molar-refractivity contribution in [2.24, 2.45) is 0 Å². The van der Waals surface area contributed by atoms with Gasteiger partial charge in [-0.25, -0.2) is 0 Å². The topological polar surface area (TPSA) is 59.8 Å². The van der Waals surface area contributed by atoms with E-state index in [1.807, 2.05) is 40.2 Å². The van der Waals surface area contributed by atoms with Gasteiger partial charge in [-0.1, -0.05) is 42.1 Å². The number of carbonyl (C=O) groups excluding carboxylic acids is 1. The van der Waals surface area contributed by atoms with Crippen LogP contribution in [-0.2, 0) is 11.3 Å². The highest BCUT2D eigenvalue weighted by molar-refractivity contribution is 8.00. The maximum atomic E-state index is 12.3. The Morgan fingerprint density at radius 2 is 2.00 bits per heavy atom. The molecule has 0 aliphatic heterocycles. The smallest absolute Gasteiger partial charge is 0.346 e. The zero-order valence-electron chi connectivity index (χ0n) is 14.2. The van der Waals surface area contributed by atoms with Gasteiger partial charge in [-0.05, 0) is 25.3 Å². The van der Waals surface area contributed by atoms with Crippen LogP contribution < -0.4 is 5.32 Å². The van der Waals surface area contributed by atoms with Crippen molar-refractivity contribution in [3.05, 3.63) is 41.7 Å². The van der Waals surface area contributed by atoms with Crippen LogP contribution in [0.3, 0.4) is 0 Å². The maximum Gasteiger partial charge on any atom is 0.405 e.